The van der Waals surface area contributed by atoms with Gasteiger partial charge in [-0.1, -0.05) is 0 Å². The fraction of sp³-hybridized carbons (Fsp3) is 0.400. The Balaban J connectivity index is 0.00000324. The van der Waals surface area contributed by atoms with E-state index in [0.717, 1.165) is 0 Å². The summed E-state index contributed by atoms with van der Waals surface area (Å²) in [7, 11) is 0. The van der Waals surface area contributed by atoms with Crippen molar-refractivity contribution in [3.8, 4) is 0 Å². The molecule has 0 aromatic heterocycles. The van der Waals surface area contributed by atoms with Crippen LogP contribution in [0.15, 0.2) is 23.5 Å². The molecule has 0 saturated heterocycles. The molecule has 3 atom stereocenters. The second-order valence-corrected chi connectivity index (χ2v) is 3.71. The average molecular weight is 282 g/mol. The van der Waals surface area contributed by atoms with Crippen LogP contribution in [0.3, 0.4) is 0 Å². The topological polar surface area (TPSA) is 158 Å². The summed E-state index contributed by atoms with van der Waals surface area (Å²) in [6.07, 6.45) is -3.02. The van der Waals surface area contributed by atoms with E-state index in [1.54, 1.807) is 0 Å². The average Bonchev–Trinajstić information content (AvgIpc) is 2.32. The Bertz CT molecular complexity index is 443. The van der Waals surface area contributed by atoms with E-state index in [4.69, 9.17) is 10.2 Å². The minimum Gasteiger partial charge on any atom is -0.545 e. The minimum absolute atomic E-state index is 0. The van der Waals surface area contributed by atoms with Crippen LogP contribution in [0.5, 0.6) is 0 Å². The number of rotatable bonds is 4. The van der Waals surface area contributed by atoms with Crippen molar-refractivity contribution in [3.63, 3.8) is 0 Å². The van der Waals surface area contributed by atoms with E-state index in [2.05, 4.69) is 0 Å². The first kappa shape index (κ1) is 18.3. The maximum atomic E-state index is 11.5. The second-order valence-electron chi connectivity index (χ2n) is 3.71. The number of aliphatic carboxylic acids is 1. The monoisotopic (exact) mass is 282 g/mol. The minimum atomic E-state index is -2.90. The van der Waals surface area contributed by atoms with Gasteiger partial charge in [-0.05, 0) is 17.7 Å². The van der Waals surface area contributed by atoms with Gasteiger partial charge in [0.05, 0.1) is 12.6 Å². The van der Waals surface area contributed by atoms with E-state index in [9.17, 15) is 30.0 Å². The summed E-state index contributed by atoms with van der Waals surface area (Å²) < 4.78 is 0. The van der Waals surface area contributed by atoms with Crippen molar-refractivity contribution >= 4 is 11.8 Å². The largest absolute Gasteiger partial charge is 1.00 e. The maximum Gasteiger partial charge on any atom is 1.00 e. The zero-order valence-electron chi connectivity index (χ0n) is 9.98. The Kier molecular flexibility index (Phi) is 6.36. The van der Waals surface area contributed by atoms with Crippen LogP contribution in [0.4, 0.5) is 0 Å². The van der Waals surface area contributed by atoms with Crippen LogP contribution in [-0.2, 0) is 9.59 Å². The molecule has 1 aliphatic carbocycles. The predicted octanol–water partition coefficient (Wildman–Crippen LogP) is -6.86. The molecule has 0 amide bonds. The van der Waals surface area contributed by atoms with Crippen LogP contribution >= 0.6 is 0 Å². The van der Waals surface area contributed by atoms with Crippen molar-refractivity contribution in [2.45, 2.75) is 17.8 Å². The molecule has 0 saturated carbocycles. The number of hydrogen-bond acceptors (Lipinski definition) is 8. The summed E-state index contributed by atoms with van der Waals surface area (Å²) in [5, 5.41) is 57.0. The Morgan fingerprint density at radius 3 is 2.37 bits per heavy atom. The molecular weight excluding hydrogens is 271 g/mol. The van der Waals surface area contributed by atoms with Crippen molar-refractivity contribution in [2.75, 3.05) is 6.61 Å². The molecule has 0 aliphatic heterocycles. The third-order valence-electron chi connectivity index (χ3n) is 2.54. The molecule has 8 nitrogen and oxygen atoms in total. The maximum absolute atomic E-state index is 11.5. The first-order valence-corrected chi connectivity index (χ1v) is 4.83. The molecule has 0 heterocycles. The molecule has 19 heavy (non-hydrogen) atoms. The van der Waals surface area contributed by atoms with Gasteiger partial charge in [-0.25, -0.2) is 0 Å². The molecule has 3 unspecified atom stereocenters. The third-order valence-corrected chi connectivity index (χ3v) is 2.54. The van der Waals surface area contributed by atoms with Crippen molar-refractivity contribution in [3.05, 3.63) is 23.5 Å². The third kappa shape index (κ3) is 3.23. The standard InChI is InChI=1S/C10H12O8.Na/c11-3-5(12)8(15)10(18)6(13)1-4(9(16)17)2-7(10)14;/h1-2,5-6,11-14,18H,3H2,(H,16,17);/q;+1/p-1. The molecule has 9 heteroatoms. The number of Topliss-reactive ketones (excluding diaryl/α,β-unsaturated/α-hetero) is 1. The van der Waals surface area contributed by atoms with Crippen molar-refractivity contribution < 1.29 is 69.8 Å². The molecule has 0 spiro atoms. The second kappa shape index (κ2) is 6.62. The number of carbonyl (C=O) groups excluding carboxylic acids is 2. The number of ketones is 1. The Labute approximate surface area is 129 Å². The summed E-state index contributed by atoms with van der Waals surface area (Å²) >= 11 is 0. The normalized spacial score (nSPS) is 27.7. The van der Waals surface area contributed by atoms with Gasteiger partial charge in [-0.15, -0.1) is 0 Å². The molecule has 0 fully saturated rings. The van der Waals surface area contributed by atoms with Crippen molar-refractivity contribution in [1.29, 1.82) is 0 Å². The molecule has 0 aromatic rings. The van der Waals surface area contributed by atoms with E-state index in [1.165, 1.54) is 0 Å². The van der Waals surface area contributed by atoms with E-state index in [0.29, 0.717) is 12.2 Å². The van der Waals surface area contributed by atoms with Crippen LogP contribution in [0.2, 0.25) is 0 Å². The summed E-state index contributed by atoms with van der Waals surface area (Å²) in [4.78, 5) is 22.0. The first-order chi connectivity index (χ1) is 8.25. The summed E-state index contributed by atoms with van der Waals surface area (Å²) in [6.45, 7) is -1.03. The van der Waals surface area contributed by atoms with Gasteiger partial charge >= 0.3 is 29.6 Å². The number of carbonyl (C=O) groups is 2. The Morgan fingerprint density at radius 1 is 1.47 bits per heavy atom. The molecule has 1 rings (SSSR count). The molecule has 5 N–H and O–H groups in total. The quantitative estimate of drug-likeness (QED) is 0.318. The SMILES string of the molecule is O=C([O-])C1=CC(O)C(O)(C(=O)C(O)CO)C(O)=C1.[Na+]. The van der Waals surface area contributed by atoms with Crippen LogP contribution in [0.1, 0.15) is 0 Å². The molecular formula is C10H11NaO8. The summed E-state index contributed by atoms with van der Waals surface area (Å²) in [5.74, 6) is -4.34. The van der Waals surface area contributed by atoms with E-state index < -0.39 is 47.5 Å². The summed E-state index contributed by atoms with van der Waals surface area (Å²) in [5.41, 5.74) is -3.53. The van der Waals surface area contributed by atoms with Crippen LogP contribution in [-0.4, -0.2) is 61.7 Å². The van der Waals surface area contributed by atoms with Gasteiger partial charge in [0.1, 0.15) is 18.0 Å². The molecule has 0 radical (unpaired) electrons. The first-order valence-electron chi connectivity index (χ1n) is 4.83. The van der Waals surface area contributed by atoms with Crippen LogP contribution in [0.25, 0.3) is 0 Å². The van der Waals surface area contributed by atoms with Crippen LogP contribution in [0, 0.1) is 0 Å². The van der Waals surface area contributed by atoms with E-state index in [1.807, 2.05) is 0 Å². The van der Waals surface area contributed by atoms with Gasteiger partial charge in [-0.2, -0.15) is 0 Å². The zero-order chi connectivity index (χ0) is 14.1. The van der Waals surface area contributed by atoms with Gasteiger partial charge in [0, 0.05) is 0 Å². The van der Waals surface area contributed by atoms with Gasteiger partial charge in [0.25, 0.3) is 0 Å². The van der Waals surface area contributed by atoms with Gasteiger partial charge in [0.15, 0.2) is 0 Å². The number of carboxylic acid groups (broad SMARTS) is 1. The van der Waals surface area contributed by atoms with Crippen molar-refractivity contribution in [1.82, 2.24) is 0 Å². The number of aliphatic hydroxyl groups is 5. The van der Waals surface area contributed by atoms with Crippen molar-refractivity contribution in [2.24, 2.45) is 0 Å². The van der Waals surface area contributed by atoms with Gasteiger partial charge in [-0.3, -0.25) is 4.79 Å². The van der Waals surface area contributed by atoms with Gasteiger partial charge < -0.3 is 35.4 Å². The number of hydrogen-bond donors (Lipinski definition) is 5. The number of carboxylic acids is 1. The van der Waals surface area contributed by atoms with Crippen LogP contribution < -0.4 is 34.7 Å². The van der Waals surface area contributed by atoms with E-state index in [-0.39, 0.29) is 29.6 Å². The smallest absolute Gasteiger partial charge is 0.545 e. The Hall–Kier alpha value is -0.740. The fourth-order valence-corrected chi connectivity index (χ4v) is 1.48. The fourth-order valence-electron chi connectivity index (χ4n) is 1.48. The van der Waals surface area contributed by atoms with E-state index >= 15 is 0 Å². The zero-order valence-corrected chi connectivity index (χ0v) is 12.0. The summed E-state index contributed by atoms with van der Waals surface area (Å²) in [6, 6.07) is 0. The predicted molar refractivity (Wildman–Crippen MR) is 52.9 cm³/mol. The molecule has 100 valence electrons. The number of aliphatic hydroxyl groups excluding tert-OH is 4. The van der Waals surface area contributed by atoms with Gasteiger partial charge in [0.2, 0.25) is 11.4 Å². The molecule has 1 aliphatic rings. The molecule has 0 bridgehead atoms. The Morgan fingerprint density at radius 2 is 2.00 bits per heavy atom. The molecule has 0 aromatic carbocycles.